The molecule has 0 saturated carbocycles. The number of hydrogen-bond acceptors (Lipinski definition) is 4. The Labute approximate surface area is 223 Å². The number of aliphatic carboxylic acids is 1. The smallest absolute Gasteiger partial charge is 1.00 e. The number of aromatic hydroxyl groups is 1. The molecule has 0 fully saturated rings. The summed E-state index contributed by atoms with van der Waals surface area (Å²) in [5.41, 5.74) is 6.64. The first-order valence-electron chi connectivity index (χ1n) is 6.72. The molecule has 1 atom stereocenters. The van der Waals surface area contributed by atoms with Crippen molar-refractivity contribution in [3.8, 4) is 11.5 Å². The number of benzene rings is 1. The fraction of sp³-hybridized carbons (Fsp3) is 0.267. The molecule has 2 rings (SSSR count). The van der Waals surface area contributed by atoms with E-state index in [1.807, 2.05) is 28.7 Å². The number of halogens is 4. The number of alkyl halides is 2. The van der Waals surface area contributed by atoms with Crippen LogP contribution in [-0.2, 0) is 4.79 Å². The maximum absolute atomic E-state index is 11.0. The number of phenols is 1. The molecule has 25 heavy (non-hydrogen) atoms. The van der Waals surface area contributed by atoms with Crippen LogP contribution < -0.4 is 40.0 Å². The number of carbonyl (C=O) groups is 1. The molecule has 0 bridgehead atoms. The van der Waals surface area contributed by atoms with Crippen LogP contribution in [0.15, 0.2) is 39.2 Å². The molecule has 10 heteroatoms. The monoisotopic (exact) mass is 803 g/mol. The number of nitrogens with two attached hydrogens (primary N) is 1. The van der Waals surface area contributed by atoms with Gasteiger partial charge in [0.25, 0.3) is 0 Å². The average molecular weight is 803 g/mol. The maximum Gasteiger partial charge on any atom is 1.00 e. The number of phenolic OH excluding ortho intramolecular Hbond substituents is 1. The summed E-state index contributed by atoms with van der Waals surface area (Å²) in [6.45, 7) is 0. The zero-order valence-electron chi connectivity index (χ0n) is 14.1. The van der Waals surface area contributed by atoms with E-state index in [-0.39, 0.29) is 38.2 Å². The van der Waals surface area contributed by atoms with Gasteiger partial charge in [-0.05, 0) is 82.3 Å². The zero-order chi connectivity index (χ0) is 18.1. The third-order valence-electron chi connectivity index (χ3n) is 3.27. The van der Waals surface area contributed by atoms with Crippen molar-refractivity contribution in [1.29, 1.82) is 0 Å². The van der Waals surface area contributed by atoms with Gasteiger partial charge in [-0.3, -0.25) is 4.79 Å². The summed E-state index contributed by atoms with van der Waals surface area (Å²) in [6, 6.07) is 4.19. The van der Waals surface area contributed by atoms with Crippen LogP contribution in [0.4, 0.5) is 0 Å². The Hall–Kier alpha value is 1.65. The van der Waals surface area contributed by atoms with Gasteiger partial charge in [0.2, 0.25) is 0 Å². The zero-order valence-corrected chi connectivity index (χ0v) is 23.7. The Kier molecular flexibility index (Phi) is 10.3. The summed E-state index contributed by atoms with van der Waals surface area (Å²) in [4.78, 5) is 11.0. The molecule has 0 unspecified atom stereocenters. The third-order valence-corrected chi connectivity index (χ3v) is 6.68. The first kappa shape index (κ1) is 24.7. The molecule has 0 heterocycles. The molecule has 1 aromatic rings. The SMILES string of the molecule is N[C@@H](CC1=CC(I)=C(Oc2ccc(O)c(I)c2)C(I)(I)C1)C(=O)O.[H-].[Na+]. The number of carboxylic acid groups (broad SMARTS) is 1. The second-order valence-corrected chi connectivity index (χ2v) is 13.3. The number of carboxylic acids is 1. The summed E-state index contributed by atoms with van der Waals surface area (Å²) in [5, 5.41) is 18.6. The van der Waals surface area contributed by atoms with Crippen LogP contribution >= 0.6 is 90.4 Å². The molecule has 1 aliphatic carbocycles. The van der Waals surface area contributed by atoms with Crippen molar-refractivity contribution in [2.24, 2.45) is 5.73 Å². The Bertz CT molecular complexity index is 742. The summed E-state index contributed by atoms with van der Waals surface area (Å²) in [5.74, 6) is 0.676. The largest absolute Gasteiger partial charge is 1.00 e. The number of hydrogen-bond donors (Lipinski definition) is 3. The summed E-state index contributed by atoms with van der Waals surface area (Å²) in [7, 11) is 0. The van der Waals surface area contributed by atoms with Gasteiger partial charge in [0, 0.05) is 0 Å². The van der Waals surface area contributed by atoms with Crippen LogP contribution in [0.2, 0.25) is 0 Å². The van der Waals surface area contributed by atoms with Gasteiger partial charge >= 0.3 is 35.5 Å². The van der Waals surface area contributed by atoms with E-state index in [1.54, 1.807) is 18.2 Å². The molecule has 5 nitrogen and oxygen atoms in total. The van der Waals surface area contributed by atoms with Gasteiger partial charge in [-0.15, -0.1) is 0 Å². The van der Waals surface area contributed by atoms with E-state index in [1.165, 1.54) is 0 Å². The van der Waals surface area contributed by atoms with E-state index < -0.39 is 12.0 Å². The fourth-order valence-corrected chi connectivity index (χ4v) is 6.44. The van der Waals surface area contributed by atoms with Crippen LogP contribution in [0.5, 0.6) is 11.5 Å². The number of ether oxygens (including phenoxy) is 1. The van der Waals surface area contributed by atoms with Crippen molar-refractivity contribution in [3.05, 3.63) is 42.8 Å². The minimum Gasteiger partial charge on any atom is -1.00 e. The van der Waals surface area contributed by atoms with Gasteiger partial charge in [-0.25, -0.2) is 0 Å². The second-order valence-electron chi connectivity index (χ2n) is 5.23. The van der Waals surface area contributed by atoms with Gasteiger partial charge in [-0.2, -0.15) is 0 Å². The molecule has 0 spiro atoms. The van der Waals surface area contributed by atoms with E-state index in [9.17, 15) is 9.90 Å². The van der Waals surface area contributed by atoms with Crippen LogP contribution in [-0.4, -0.2) is 23.7 Å². The normalized spacial score (nSPS) is 17.4. The van der Waals surface area contributed by atoms with Crippen molar-refractivity contribution in [2.45, 2.75) is 20.3 Å². The van der Waals surface area contributed by atoms with Gasteiger partial charge in [0.1, 0.15) is 24.7 Å². The molecule has 0 aromatic heterocycles. The average Bonchev–Trinajstić information content (AvgIpc) is 2.46. The van der Waals surface area contributed by atoms with Crippen molar-refractivity contribution in [3.63, 3.8) is 0 Å². The Morgan fingerprint density at radius 3 is 2.56 bits per heavy atom. The predicted octanol–water partition coefficient (Wildman–Crippen LogP) is 1.84. The Morgan fingerprint density at radius 1 is 1.40 bits per heavy atom. The minimum atomic E-state index is -0.997. The number of rotatable bonds is 5. The molecule has 0 radical (unpaired) electrons. The topological polar surface area (TPSA) is 92.8 Å². The third kappa shape index (κ3) is 6.88. The van der Waals surface area contributed by atoms with Crippen LogP contribution in [0.3, 0.4) is 0 Å². The van der Waals surface area contributed by atoms with Gasteiger partial charge in [-0.1, -0.05) is 50.8 Å². The van der Waals surface area contributed by atoms with Crippen LogP contribution in [0.1, 0.15) is 14.3 Å². The molecule has 0 aliphatic heterocycles. The van der Waals surface area contributed by atoms with E-state index in [0.29, 0.717) is 22.2 Å². The van der Waals surface area contributed by atoms with E-state index in [2.05, 4.69) is 67.8 Å². The van der Waals surface area contributed by atoms with Gasteiger partial charge < -0.3 is 22.1 Å². The molecule has 0 amide bonds. The first-order chi connectivity index (χ1) is 11.1. The van der Waals surface area contributed by atoms with E-state index >= 15 is 0 Å². The fourth-order valence-electron chi connectivity index (χ4n) is 2.13. The van der Waals surface area contributed by atoms with E-state index in [4.69, 9.17) is 15.6 Å². The minimum absolute atomic E-state index is 0. The van der Waals surface area contributed by atoms with Gasteiger partial charge in [0.15, 0.2) is 0 Å². The Morgan fingerprint density at radius 2 is 2.04 bits per heavy atom. The molecular formula is C15H14I4NNaO4. The first-order valence-corrected chi connectivity index (χ1v) is 11.0. The number of allylic oxidation sites excluding steroid dienone is 3. The van der Waals surface area contributed by atoms with Gasteiger partial charge in [0.05, 0.1) is 7.15 Å². The molecule has 0 saturated heterocycles. The van der Waals surface area contributed by atoms with Crippen molar-refractivity contribution in [1.82, 2.24) is 0 Å². The Balaban J connectivity index is 0.00000312. The predicted molar refractivity (Wildman–Crippen MR) is 127 cm³/mol. The van der Waals surface area contributed by atoms with Crippen molar-refractivity contribution >= 4 is 96.3 Å². The summed E-state index contributed by atoms with van der Waals surface area (Å²) in [6.07, 6.45) is 2.92. The quantitative estimate of drug-likeness (QED) is 0.241. The maximum atomic E-state index is 11.0. The molecule has 1 aliphatic rings. The molecule has 1 aromatic carbocycles. The van der Waals surface area contributed by atoms with Crippen LogP contribution in [0, 0.1) is 3.57 Å². The van der Waals surface area contributed by atoms with E-state index in [0.717, 1.165) is 14.9 Å². The standard InChI is InChI=1S/C15H13I4NO4.Na.H/c16-9-5-8(1-2-12(9)21)24-13-10(17)3-7(6-15(13,18)19)4-11(20)14(22)23;;/h1-3,5,11,21H,4,6,20H2,(H,22,23);;/q;+1;-1/t11-;;/m0../s1. The molecule has 132 valence electrons. The molecular weight excluding hydrogens is 789 g/mol. The van der Waals surface area contributed by atoms with Crippen LogP contribution in [0.25, 0.3) is 0 Å². The van der Waals surface area contributed by atoms with Crippen molar-refractivity contribution < 1.29 is 50.7 Å². The molecule has 4 N–H and O–H groups in total. The second kappa shape index (κ2) is 10.4. The summed E-state index contributed by atoms with van der Waals surface area (Å²) >= 11 is 8.86. The van der Waals surface area contributed by atoms with Crippen molar-refractivity contribution in [2.75, 3.05) is 0 Å². The summed E-state index contributed by atoms with van der Waals surface area (Å²) < 4.78 is 7.36.